The first-order valence-corrected chi connectivity index (χ1v) is 10.8. The molecule has 1 amide bonds. The number of aryl methyl sites for hydroxylation is 1. The van der Waals surface area contributed by atoms with Gasteiger partial charge in [-0.1, -0.05) is 15.9 Å². The van der Waals surface area contributed by atoms with Crippen molar-refractivity contribution in [2.45, 2.75) is 32.6 Å². The maximum absolute atomic E-state index is 12.5. The van der Waals surface area contributed by atoms with E-state index >= 15 is 0 Å². The van der Waals surface area contributed by atoms with Gasteiger partial charge >= 0.3 is 5.97 Å². The minimum Gasteiger partial charge on any atom is -0.496 e. The molecule has 0 aliphatic heterocycles. The van der Waals surface area contributed by atoms with Crippen molar-refractivity contribution in [3.8, 4) is 5.75 Å². The van der Waals surface area contributed by atoms with Crippen molar-refractivity contribution in [2.75, 3.05) is 19.0 Å². The Balaban J connectivity index is 1.83. The third-order valence-corrected chi connectivity index (χ3v) is 6.19. The number of carbonyl (C=O) groups is 2. The topological polar surface area (TPSA) is 64.6 Å². The molecule has 0 radical (unpaired) electrons. The summed E-state index contributed by atoms with van der Waals surface area (Å²) in [4.78, 5) is 26.2. The van der Waals surface area contributed by atoms with Crippen molar-refractivity contribution in [1.29, 1.82) is 0 Å². The second kappa shape index (κ2) is 9.39. The molecule has 7 heteroatoms. The molecule has 0 atom stereocenters. The molecule has 148 valence electrons. The van der Waals surface area contributed by atoms with E-state index < -0.39 is 0 Å². The molecule has 1 aromatic carbocycles. The Morgan fingerprint density at radius 3 is 2.82 bits per heavy atom. The van der Waals surface area contributed by atoms with Crippen LogP contribution in [0.1, 0.15) is 46.1 Å². The van der Waals surface area contributed by atoms with E-state index in [0.29, 0.717) is 22.9 Å². The van der Waals surface area contributed by atoms with Crippen LogP contribution in [0.3, 0.4) is 0 Å². The zero-order valence-corrected chi connectivity index (χ0v) is 18.2. The normalized spacial score (nSPS) is 13.2. The minimum absolute atomic E-state index is 0.300. The Morgan fingerprint density at radius 1 is 1.29 bits per heavy atom. The highest BCUT2D eigenvalue weighted by Crippen LogP contribution is 2.38. The van der Waals surface area contributed by atoms with Gasteiger partial charge in [0.2, 0.25) is 5.91 Å². The number of fused-ring (bicyclic) bond motifs is 1. The van der Waals surface area contributed by atoms with Crippen molar-refractivity contribution < 1.29 is 19.1 Å². The van der Waals surface area contributed by atoms with Crippen LogP contribution in [0.4, 0.5) is 5.00 Å². The van der Waals surface area contributed by atoms with Gasteiger partial charge in [0.15, 0.2) is 0 Å². The Labute approximate surface area is 176 Å². The van der Waals surface area contributed by atoms with Crippen LogP contribution in [-0.4, -0.2) is 25.6 Å². The molecule has 1 aromatic heterocycles. The number of halogens is 1. The highest BCUT2D eigenvalue weighted by Gasteiger charge is 2.26. The Hall–Kier alpha value is -2.12. The first-order chi connectivity index (χ1) is 13.5. The molecular formula is C21H22BrNO4S. The summed E-state index contributed by atoms with van der Waals surface area (Å²) in [6.45, 7) is 2.09. The Kier molecular flexibility index (Phi) is 6.91. The molecule has 2 aromatic rings. The first-order valence-electron chi connectivity index (χ1n) is 9.17. The van der Waals surface area contributed by atoms with Crippen molar-refractivity contribution in [2.24, 2.45) is 0 Å². The minimum atomic E-state index is -0.366. The van der Waals surface area contributed by atoms with Gasteiger partial charge in [0, 0.05) is 21.0 Å². The summed E-state index contributed by atoms with van der Waals surface area (Å²) in [6, 6.07) is 5.57. The van der Waals surface area contributed by atoms with Crippen LogP contribution in [0.25, 0.3) is 6.08 Å². The van der Waals surface area contributed by atoms with Crippen LogP contribution in [-0.2, 0) is 22.4 Å². The number of thiophene rings is 1. The zero-order valence-electron chi connectivity index (χ0n) is 15.8. The third-order valence-electron chi connectivity index (χ3n) is 4.49. The zero-order chi connectivity index (χ0) is 20.1. The van der Waals surface area contributed by atoms with Crippen LogP contribution in [0.5, 0.6) is 5.75 Å². The van der Waals surface area contributed by atoms with Gasteiger partial charge in [0.1, 0.15) is 10.8 Å². The third kappa shape index (κ3) is 4.64. The summed E-state index contributed by atoms with van der Waals surface area (Å²) in [5.41, 5.74) is 2.33. The molecule has 1 aliphatic carbocycles. The Morgan fingerprint density at radius 2 is 2.07 bits per heavy atom. The standard InChI is InChI=1S/C21H22BrNO4S/c1-3-27-21(25)19-15-6-4-5-7-17(15)28-20(19)23-18(24)11-8-13-12-14(22)9-10-16(13)26-2/h8-12H,3-7H2,1-2H3,(H,23,24)/b11-8+. The number of hydrogen-bond donors (Lipinski definition) is 1. The second-order valence-electron chi connectivity index (χ2n) is 6.34. The maximum atomic E-state index is 12.5. The predicted molar refractivity (Wildman–Crippen MR) is 115 cm³/mol. The van der Waals surface area contributed by atoms with Gasteiger partial charge < -0.3 is 14.8 Å². The summed E-state index contributed by atoms with van der Waals surface area (Å²) in [5.74, 6) is 0.00654. The van der Waals surface area contributed by atoms with Gasteiger partial charge in [-0.2, -0.15) is 0 Å². The number of anilines is 1. The first kappa shape index (κ1) is 20.6. The molecular weight excluding hydrogens is 442 g/mol. The number of nitrogens with one attached hydrogen (secondary N) is 1. The van der Waals surface area contributed by atoms with Crippen molar-refractivity contribution in [3.05, 3.63) is 50.3 Å². The van der Waals surface area contributed by atoms with Gasteiger partial charge in [-0.05, 0) is 62.4 Å². The number of benzene rings is 1. The number of esters is 1. The molecule has 28 heavy (non-hydrogen) atoms. The summed E-state index contributed by atoms with van der Waals surface area (Å²) < 4.78 is 11.4. The lowest BCUT2D eigenvalue weighted by Gasteiger charge is -2.12. The average Bonchev–Trinajstić information content (AvgIpc) is 3.04. The Bertz CT molecular complexity index is 919. The molecule has 1 aliphatic rings. The summed E-state index contributed by atoms with van der Waals surface area (Å²) >= 11 is 4.90. The lowest BCUT2D eigenvalue weighted by atomic mass is 9.95. The van der Waals surface area contributed by atoms with Gasteiger partial charge in [0.25, 0.3) is 0 Å². The SMILES string of the molecule is CCOC(=O)c1c(NC(=O)/C=C/c2cc(Br)ccc2OC)sc2c1CCCC2. The van der Waals surface area contributed by atoms with E-state index in [2.05, 4.69) is 21.2 Å². The highest BCUT2D eigenvalue weighted by molar-refractivity contribution is 9.10. The molecule has 0 saturated carbocycles. The van der Waals surface area contributed by atoms with Gasteiger partial charge in [-0.15, -0.1) is 11.3 Å². The van der Waals surface area contributed by atoms with Crippen LogP contribution in [0.15, 0.2) is 28.7 Å². The number of hydrogen-bond acceptors (Lipinski definition) is 5. The van der Waals surface area contributed by atoms with E-state index in [9.17, 15) is 9.59 Å². The monoisotopic (exact) mass is 463 g/mol. The van der Waals surface area contributed by atoms with E-state index in [1.165, 1.54) is 22.3 Å². The van der Waals surface area contributed by atoms with Gasteiger partial charge in [-0.25, -0.2) is 4.79 Å². The molecule has 0 spiro atoms. The fourth-order valence-corrected chi connectivity index (χ4v) is 4.89. The molecule has 0 saturated heterocycles. The lowest BCUT2D eigenvalue weighted by Crippen LogP contribution is -2.14. The van der Waals surface area contributed by atoms with E-state index in [-0.39, 0.29) is 11.9 Å². The highest BCUT2D eigenvalue weighted by atomic mass is 79.9. The lowest BCUT2D eigenvalue weighted by molar-refractivity contribution is -0.111. The number of amides is 1. The van der Waals surface area contributed by atoms with Crippen LogP contribution >= 0.6 is 27.3 Å². The summed E-state index contributed by atoms with van der Waals surface area (Å²) in [6.07, 6.45) is 7.07. The number of ether oxygens (including phenoxy) is 2. The number of rotatable bonds is 6. The van der Waals surface area contributed by atoms with Crippen LogP contribution < -0.4 is 10.1 Å². The second-order valence-corrected chi connectivity index (χ2v) is 8.37. The van der Waals surface area contributed by atoms with E-state index in [1.54, 1.807) is 20.1 Å². The molecule has 5 nitrogen and oxygen atoms in total. The largest absolute Gasteiger partial charge is 0.496 e. The molecule has 0 fully saturated rings. The van der Waals surface area contributed by atoms with Crippen LogP contribution in [0.2, 0.25) is 0 Å². The maximum Gasteiger partial charge on any atom is 0.341 e. The van der Waals surface area contributed by atoms with E-state index in [4.69, 9.17) is 9.47 Å². The van der Waals surface area contributed by atoms with Crippen molar-refractivity contribution in [3.63, 3.8) is 0 Å². The summed E-state index contributed by atoms with van der Waals surface area (Å²) in [5, 5.41) is 3.44. The number of methoxy groups -OCH3 is 1. The quantitative estimate of drug-likeness (QED) is 0.470. The average molecular weight is 464 g/mol. The van der Waals surface area contributed by atoms with E-state index in [0.717, 1.165) is 41.3 Å². The van der Waals surface area contributed by atoms with Gasteiger partial charge in [-0.3, -0.25) is 4.79 Å². The molecule has 1 N–H and O–H groups in total. The van der Waals surface area contributed by atoms with Crippen LogP contribution in [0, 0.1) is 0 Å². The fourth-order valence-electron chi connectivity index (χ4n) is 3.23. The molecule has 0 bridgehead atoms. The smallest absolute Gasteiger partial charge is 0.341 e. The van der Waals surface area contributed by atoms with Crippen molar-refractivity contribution in [1.82, 2.24) is 0 Å². The molecule has 3 rings (SSSR count). The molecule has 1 heterocycles. The van der Waals surface area contributed by atoms with Crippen molar-refractivity contribution >= 4 is 50.2 Å². The fraction of sp³-hybridized carbons (Fsp3) is 0.333. The molecule has 0 unspecified atom stereocenters. The summed E-state index contributed by atoms with van der Waals surface area (Å²) in [7, 11) is 1.59. The number of carbonyl (C=O) groups excluding carboxylic acids is 2. The van der Waals surface area contributed by atoms with Gasteiger partial charge in [0.05, 0.1) is 19.3 Å². The van der Waals surface area contributed by atoms with E-state index in [1.807, 2.05) is 18.2 Å². The predicted octanol–water partition coefficient (Wildman–Crippen LogP) is 5.23.